The number of hydrazine groups is 1. The van der Waals surface area contributed by atoms with Crippen LogP contribution in [0.1, 0.15) is 12.8 Å². The average molecular weight is 308 g/mol. The van der Waals surface area contributed by atoms with Gasteiger partial charge in [0.15, 0.2) is 0 Å². The highest BCUT2D eigenvalue weighted by atomic mass is 32.2. The van der Waals surface area contributed by atoms with Crippen molar-refractivity contribution in [2.45, 2.75) is 31.0 Å². The standard InChI is InChI=1S/C11H24N4O4S/c1-15(9(6-20-2)11(18)19)14-10(17)4-7(13)3-8(16)5-12/h7-9,16H,3-6,12-13H2,1-2H3,(H,14,17)(H,18,19)/t7-,8-,9?/m1/s1. The summed E-state index contributed by atoms with van der Waals surface area (Å²) in [6, 6.07) is -1.33. The Morgan fingerprint density at radius 1 is 1.45 bits per heavy atom. The molecule has 0 aliphatic rings. The smallest absolute Gasteiger partial charge is 0.323 e. The van der Waals surface area contributed by atoms with Crippen molar-refractivity contribution in [1.29, 1.82) is 0 Å². The number of hydrogen-bond donors (Lipinski definition) is 5. The fourth-order valence-electron chi connectivity index (χ4n) is 1.59. The molecule has 0 rings (SSSR count). The lowest BCUT2D eigenvalue weighted by Gasteiger charge is -2.25. The van der Waals surface area contributed by atoms with Crippen molar-refractivity contribution in [2.75, 3.05) is 25.6 Å². The molecule has 0 radical (unpaired) electrons. The van der Waals surface area contributed by atoms with Crippen molar-refractivity contribution in [1.82, 2.24) is 10.4 Å². The van der Waals surface area contributed by atoms with E-state index in [1.807, 2.05) is 0 Å². The predicted molar refractivity (Wildman–Crippen MR) is 78.0 cm³/mol. The highest BCUT2D eigenvalue weighted by Gasteiger charge is 2.24. The van der Waals surface area contributed by atoms with Crippen LogP contribution in [0, 0.1) is 0 Å². The fourth-order valence-corrected chi connectivity index (χ4v) is 2.28. The Morgan fingerprint density at radius 3 is 2.50 bits per heavy atom. The Labute approximate surface area is 122 Å². The van der Waals surface area contributed by atoms with Crippen LogP contribution >= 0.6 is 11.8 Å². The van der Waals surface area contributed by atoms with Gasteiger partial charge in [-0.3, -0.25) is 15.0 Å². The van der Waals surface area contributed by atoms with Gasteiger partial charge < -0.3 is 21.7 Å². The summed E-state index contributed by atoms with van der Waals surface area (Å²) >= 11 is 1.37. The molecule has 7 N–H and O–H groups in total. The van der Waals surface area contributed by atoms with Crippen LogP contribution in [0.25, 0.3) is 0 Å². The number of thioether (sulfide) groups is 1. The lowest BCUT2D eigenvalue weighted by molar-refractivity contribution is -0.144. The molecule has 1 amide bonds. The summed E-state index contributed by atoms with van der Waals surface area (Å²) in [5.41, 5.74) is 13.4. The van der Waals surface area contributed by atoms with Crippen LogP contribution in [-0.2, 0) is 9.59 Å². The topological polar surface area (TPSA) is 142 Å². The highest BCUT2D eigenvalue weighted by Crippen LogP contribution is 2.04. The van der Waals surface area contributed by atoms with Gasteiger partial charge in [-0.15, -0.1) is 0 Å². The molecule has 0 heterocycles. The minimum Gasteiger partial charge on any atom is -0.480 e. The summed E-state index contributed by atoms with van der Waals surface area (Å²) in [6.45, 7) is 0.0873. The number of hydrogen-bond acceptors (Lipinski definition) is 7. The molecular weight excluding hydrogens is 284 g/mol. The minimum absolute atomic E-state index is 0.00694. The number of carbonyl (C=O) groups excluding carboxylic acids is 1. The summed E-state index contributed by atoms with van der Waals surface area (Å²) < 4.78 is 0. The van der Waals surface area contributed by atoms with Crippen molar-refractivity contribution >= 4 is 23.6 Å². The molecule has 0 saturated heterocycles. The number of nitrogens with one attached hydrogen (secondary N) is 1. The van der Waals surface area contributed by atoms with Gasteiger partial charge in [0.1, 0.15) is 6.04 Å². The van der Waals surface area contributed by atoms with Crippen molar-refractivity contribution in [3.8, 4) is 0 Å². The molecule has 0 aliphatic heterocycles. The Hall–Kier alpha value is -0.870. The normalized spacial score (nSPS) is 15.7. The summed E-state index contributed by atoms with van der Waals surface area (Å²) in [5, 5.41) is 19.6. The zero-order valence-corrected chi connectivity index (χ0v) is 12.6. The van der Waals surface area contributed by atoms with Gasteiger partial charge in [-0.2, -0.15) is 11.8 Å². The Kier molecular flexibility index (Phi) is 9.51. The zero-order valence-electron chi connectivity index (χ0n) is 11.8. The molecule has 0 bridgehead atoms. The third kappa shape index (κ3) is 7.65. The first-order valence-electron chi connectivity index (χ1n) is 6.19. The minimum atomic E-state index is -1.01. The largest absolute Gasteiger partial charge is 0.480 e. The number of nitrogens with zero attached hydrogens (tertiary/aromatic N) is 1. The maximum atomic E-state index is 11.7. The number of carbonyl (C=O) groups is 2. The second-order valence-corrected chi connectivity index (χ2v) is 5.46. The van der Waals surface area contributed by atoms with E-state index in [9.17, 15) is 14.7 Å². The predicted octanol–water partition coefficient (Wildman–Crippen LogP) is -1.81. The molecular formula is C11H24N4O4S. The molecule has 8 nitrogen and oxygen atoms in total. The van der Waals surface area contributed by atoms with E-state index in [2.05, 4.69) is 5.43 Å². The lowest BCUT2D eigenvalue weighted by atomic mass is 10.1. The van der Waals surface area contributed by atoms with Gasteiger partial charge in [0, 0.05) is 31.8 Å². The number of amides is 1. The third-order valence-electron chi connectivity index (χ3n) is 2.67. The van der Waals surface area contributed by atoms with E-state index < -0.39 is 30.1 Å². The zero-order chi connectivity index (χ0) is 15.7. The van der Waals surface area contributed by atoms with Crippen molar-refractivity contribution in [2.24, 2.45) is 11.5 Å². The van der Waals surface area contributed by atoms with E-state index in [4.69, 9.17) is 16.6 Å². The van der Waals surface area contributed by atoms with Gasteiger partial charge in [0.25, 0.3) is 0 Å². The summed E-state index contributed by atoms with van der Waals surface area (Å²) in [5.74, 6) is -1.05. The second kappa shape index (κ2) is 9.94. The van der Waals surface area contributed by atoms with Gasteiger partial charge in [-0.05, 0) is 12.7 Å². The number of aliphatic hydroxyl groups excluding tert-OH is 1. The maximum absolute atomic E-state index is 11.7. The molecule has 20 heavy (non-hydrogen) atoms. The molecule has 0 aromatic carbocycles. The van der Waals surface area contributed by atoms with E-state index in [0.29, 0.717) is 5.75 Å². The van der Waals surface area contributed by atoms with E-state index in [0.717, 1.165) is 0 Å². The fraction of sp³-hybridized carbons (Fsp3) is 0.818. The molecule has 9 heteroatoms. The number of nitrogens with two attached hydrogens (primary N) is 2. The number of carboxylic acid groups (broad SMARTS) is 1. The first-order chi connectivity index (χ1) is 9.31. The van der Waals surface area contributed by atoms with Crippen LogP contribution in [0.2, 0.25) is 0 Å². The summed E-state index contributed by atoms with van der Waals surface area (Å²) in [6.07, 6.45) is 1.27. The van der Waals surface area contributed by atoms with E-state index in [1.54, 1.807) is 6.26 Å². The second-order valence-electron chi connectivity index (χ2n) is 4.54. The lowest BCUT2D eigenvalue weighted by Crippen LogP contribution is -2.51. The Balaban J connectivity index is 4.27. The molecule has 0 fully saturated rings. The monoisotopic (exact) mass is 308 g/mol. The van der Waals surface area contributed by atoms with Crippen LogP contribution < -0.4 is 16.9 Å². The number of aliphatic carboxylic acids is 1. The highest BCUT2D eigenvalue weighted by molar-refractivity contribution is 7.98. The van der Waals surface area contributed by atoms with Gasteiger partial charge in [0.2, 0.25) is 5.91 Å². The first kappa shape index (κ1) is 19.1. The van der Waals surface area contributed by atoms with Gasteiger partial charge in [0.05, 0.1) is 6.10 Å². The SMILES string of the molecule is CSCC(C(=O)O)N(C)NC(=O)C[C@H](N)C[C@@H](O)CN. The molecule has 0 saturated carbocycles. The van der Waals surface area contributed by atoms with Crippen LogP contribution in [-0.4, -0.2) is 70.9 Å². The quantitative estimate of drug-likeness (QED) is 0.297. The van der Waals surface area contributed by atoms with Crippen LogP contribution in [0.4, 0.5) is 0 Å². The van der Waals surface area contributed by atoms with E-state index in [-0.39, 0.29) is 19.4 Å². The van der Waals surface area contributed by atoms with Crippen LogP contribution in [0.3, 0.4) is 0 Å². The summed E-state index contributed by atoms with van der Waals surface area (Å²) in [4.78, 5) is 22.8. The van der Waals surface area contributed by atoms with E-state index >= 15 is 0 Å². The van der Waals surface area contributed by atoms with E-state index in [1.165, 1.54) is 23.8 Å². The van der Waals surface area contributed by atoms with Crippen LogP contribution in [0.5, 0.6) is 0 Å². The third-order valence-corrected chi connectivity index (χ3v) is 3.32. The van der Waals surface area contributed by atoms with Gasteiger partial charge in [-0.1, -0.05) is 0 Å². The Bertz CT molecular complexity index is 319. The number of rotatable bonds is 10. The maximum Gasteiger partial charge on any atom is 0.323 e. The van der Waals surface area contributed by atoms with Crippen molar-refractivity contribution < 1.29 is 19.8 Å². The molecule has 0 aromatic rings. The molecule has 1 unspecified atom stereocenters. The number of likely N-dealkylation sites (N-methyl/N-ethyl adjacent to an activating group) is 1. The average Bonchev–Trinajstić information content (AvgIpc) is 2.34. The van der Waals surface area contributed by atoms with Gasteiger partial charge in [-0.25, -0.2) is 5.01 Å². The Morgan fingerprint density at radius 2 is 2.05 bits per heavy atom. The summed E-state index contributed by atoms with van der Waals surface area (Å²) in [7, 11) is 1.49. The van der Waals surface area contributed by atoms with Crippen LogP contribution in [0.15, 0.2) is 0 Å². The molecule has 0 aliphatic carbocycles. The molecule has 118 valence electrons. The molecule has 3 atom stereocenters. The van der Waals surface area contributed by atoms with Gasteiger partial charge >= 0.3 is 5.97 Å². The van der Waals surface area contributed by atoms with Crippen molar-refractivity contribution in [3.63, 3.8) is 0 Å². The molecule has 0 spiro atoms. The molecule has 0 aromatic heterocycles. The number of carboxylic acids is 1. The van der Waals surface area contributed by atoms with Crippen molar-refractivity contribution in [3.05, 3.63) is 0 Å². The number of aliphatic hydroxyl groups is 1. The first-order valence-corrected chi connectivity index (χ1v) is 7.58.